The Morgan fingerprint density at radius 1 is 1.12 bits per heavy atom. The van der Waals surface area contributed by atoms with Crippen LogP contribution in [0.4, 0.5) is 0 Å². The van der Waals surface area contributed by atoms with E-state index in [-0.39, 0.29) is 0 Å². The average molecular weight is 333 g/mol. The minimum atomic E-state index is 0.314. The third kappa shape index (κ3) is 4.56. The van der Waals surface area contributed by atoms with Crippen molar-refractivity contribution in [1.29, 1.82) is 0 Å². The number of piperidine rings is 1. The SMILES string of the molecule is CCC(CC)CN1CCC(CCOc2ccc3c(c2)OCO3)CC1. The second-order valence-corrected chi connectivity index (χ2v) is 7.08. The lowest BCUT2D eigenvalue weighted by Gasteiger charge is -2.34. The summed E-state index contributed by atoms with van der Waals surface area (Å²) < 4.78 is 16.6. The van der Waals surface area contributed by atoms with E-state index < -0.39 is 0 Å². The van der Waals surface area contributed by atoms with Crippen LogP contribution in [0.1, 0.15) is 46.0 Å². The van der Waals surface area contributed by atoms with Crippen molar-refractivity contribution in [1.82, 2.24) is 4.90 Å². The van der Waals surface area contributed by atoms with E-state index in [1.807, 2.05) is 18.2 Å². The molecule has 0 bridgehead atoms. The fourth-order valence-corrected chi connectivity index (χ4v) is 3.68. The van der Waals surface area contributed by atoms with E-state index in [2.05, 4.69) is 18.7 Å². The molecule has 4 nitrogen and oxygen atoms in total. The molecule has 2 aliphatic rings. The first-order valence-electron chi connectivity index (χ1n) is 9.53. The van der Waals surface area contributed by atoms with Gasteiger partial charge in [-0.05, 0) is 56.3 Å². The highest BCUT2D eigenvalue weighted by Gasteiger charge is 2.21. The van der Waals surface area contributed by atoms with Gasteiger partial charge in [0.2, 0.25) is 6.79 Å². The molecular formula is C20H31NO3. The van der Waals surface area contributed by atoms with Crippen molar-refractivity contribution >= 4 is 0 Å². The van der Waals surface area contributed by atoms with Crippen molar-refractivity contribution in [2.24, 2.45) is 11.8 Å². The van der Waals surface area contributed by atoms with Crippen LogP contribution in [-0.4, -0.2) is 37.9 Å². The summed E-state index contributed by atoms with van der Waals surface area (Å²) in [6.45, 7) is 9.53. The number of benzene rings is 1. The topological polar surface area (TPSA) is 30.9 Å². The average Bonchev–Trinajstić information content (AvgIpc) is 3.09. The van der Waals surface area contributed by atoms with E-state index >= 15 is 0 Å². The normalized spacial score (nSPS) is 18.3. The van der Waals surface area contributed by atoms with Crippen molar-refractivity contribution < 1.29 is 14.2 Å². The molecule has 4 heteroatoms. The van der Waals surface area contributed by atoms with Gasteiger partial charge in [0, 0.05) is 12.6 Å². The summed E-state index contributed by atoms with van der Waals surface area (Å²) in [4.78, 5) is 2.66. The quantitative estimate of drug-likeness (QED) is 0.708. The maximum absolute atomic E-state index is 5.91. The van der Waals surface area contributed by atoms with Crippen LogP contribution in [0, 0.1) is 11.8 Å². The van der Waals surface area contributed by atoms with E-state index in [9.17, 15) is 0 Å². The maximum Gasteiger partial charge on any atom is 0.231 e. The fraction of sp³-hybridized carbons (Fsp3) is 0.700. The van der Waals surface area contributed by atoms with Gasteiger partial charge in [-0.2, -0.15) is 0 Å². The van der Waals surface area contributed by atoms with Gasteiger partial charge in [-0.1, -0.05) is 26.7 Å². The Hall–Kier alpha value is -1.42. The maximum atomic E-state index is 5.91. The molecule has 0 radical (unpaired) electrons. The highest BCUT2D eigenvalue weighted by Crippen LogP contribution is 2.35. The van der Waals surface area contributed by atoms with Gasteiger partial charge in [-0.15, -0.1) is 0 Å². The van der Waals surface area contributed by atoms with Crippen LogP contribution in [0.3, 0.4) is 0 Å². The van der Waals surface area contributed by atoms with E-state index in [4.69, 9.17) is 14.2 Å². The molecule has 0 N–H and O–H groups in total. The molecule has 1 aromatic rings. The van der Waals surface area contributed by atoms with Gasteiger partial charge in [0.15, 0.2) is 11.5 Å². The molecule has 1 saturated heterocycles. The van der Waals surface area contributed by atoms with Crippen LogP contribution < -0.4 is 14.2 Å². The zero-order valence-corrected chi connectivity index (χ0v) is 15.1. The van der Waals surface area contributed by atoms with E-state index in [1.165, 1.54) is 45.3 Å². The van der Waals surface area contributed by atoms with Gasteiger partial charge in [0.25, 0.3) is 0 Å². The first-order chi connectivity index (χ1) is 11.8. The Bertz CT molecular complexity index is 508. The highest BCUT2D eigenvalue weighted by molar-refractivity contribution is 5.46. The first kappa shape index (κ1) is 17.4. The molecule has 0 aliphatic carbocycles. The number of hydrogen-bond donors (Lipinski definition) is 0. The smallest absolute Gasteiger partial charge is 0.231 e. The predicted octanol–water partition coefficient (Wildman–Crippen LogP) is 4.33. The number of hydrogen-bond acceptors (Lipinski definition) is 4. The number of rotatable bonds is 8. The predicted molar refractivity (Wildman–Crippen MR) is 95.9 cm³/mol. The summed E-state index contributed by atoms with van der Waals surface area (Å²) >= 11 is 0. The number of ether oxygens (including phenoxy) is 3. The van der Waals surface area contributed by atoms with Crippen molar-refractivity contribution in [3.05, 3.63) is 18.2 Å². The van der Waals surface area contributed by atoms with E-state index in [0.29, 0.717) is 6.79 Å². The largest absolute Gasteiger partial charge is 0.493 e. The summed E-state index contributed by atoms with van der Waals surface area (Å²) in [5.41, 5.74) is 0. The van der Waals surface area contributed by atoms with Crippen molar-refractivity contribution in [3.8, 4) is 17.2 Å². The first-order valence-corrected chi connectivity index (χ1v) is 9.53. The van der Waals surface area contributed by atoms with Crippen LogP contribution in [-0.2, 0) is 0 Å². The van der Waals surface area contributed by atoms with E-state index in [0.717, 1.165) is 42.1 Å². The molecule has 1 aromatic carbocycles. The molecule has 2 aliphatic heterocycles. The van der Waals surface area contributed by atoms with Crippen LogP contribution in [0.15, 0.2) is 18.2 Å². The molecule has 0 amide bonds. The summed E-state index contributed by atoms with van der Waals surface area (Å²) in [5.74, 6) is 4.16. The molecular weight excluding hydrogens is 302 g/mol. The molecule has 134 valence electrons. The molecule has 3 rings (SSSR count). The Kier molecular flexibility index (Phi) is 6.24. The molecule has 0 spiro atoms. The third-order valence-corrected chi connectivity index (χ3v) is 5.52. The lowest BCUT2D eigenvalue weighted by atomic mass is 9.92. The Morgan fingerprint density at radius 2 is 1.88 bits per heavy atom. The number of fused-ring (bicyclic) bond motifs is 1. The Labute approximate surface area is 146 Å². The van der Waals surface area contributed by atoms with Crippen molar-refractivity contribution in [2.75, 3.05) is 33.0 Å². The minimum absolute atomic E-state index is 0.314. The summed E-state index contributed by atoms with van der Waals surface area (Å²) in [6.07, 6.45) is 6.38. The van der Waals surface area contributed by atoms with Gasteiger partial charge in [-0.25, -0.2) is 0 Å². The van der Waals surface area contributed by atoms with Gasteiger partial charge < -0.3 is 19.1 Å². The standard InChI is InChI=1S/C20H31NO3/c1-3-16(4-2)14-21-10-7-17(8-11-21)9-12-22-18-5-6-19-20(13-18)24-15-23-19/h5-6,13,16-17H,3-4,7-12,14-15H2,1-2H3. The van der Waals surface area contributed by atoms with Crippen LogP contribution in [0.2, 0.25) is 0 Å². The summed E-state index contributed by atoms with van der Waals surface area (Å²) in [6, 6.07) is 5.82. The molecule has 24 heavy (non-hydrogen) atoms. The number of nitrogens with zero attached hydrogens (tertiary/aromatic N) is 1. The van der Waals surface area contributed by atoms with Gasteiger partial charge in [-0.3, -0.25) is 0 Å². The Balaban J connectivity index is 1.35. The minimum Gasteiger partial charge on any atom is -0.493 e. The Morgan fingerprint density at radius 3 is 2.62 bits per heavy atom. The second-order valence-electron chi connectivity index (χ2n) is 7.08. The van der Waals surface area contributed by atoms with Crippen molar-refractivity contribution in [2.45, 2.75) is 46.0 Å². The van der Waals surface area contributed by atoms with Crippen LogP contribution >= 0.6 is 0 Å². The number of likely N-dealkylation sites (tertiary alicyclic amines) is 1. The van der Waals surface area contributed by atoms with Crippen molar-refractivity contribution in [3.63, 3.8) is 0 Å². The van der Waals surface area contributed by atoms with Gasteiger partial charge >= 0.3 is 0 Å². The second kappa shape index (κ2) is 8.61. The summed E-state index contributed by atoms with van der Waals surface area (Å²) in [7, 11) is 0. The molecule has 0 aromatic heterocycles. The van der Waals surface area contributed by atoms with Crippen LogP contribution in [0.25, 0.3) is 0 Å². The summed E-state index contributed by atoms with van der Waals surface area (Å²) in [5, 5.41) is 0. The third-order valence-electron chi connectivity index (χ3n) is 5.52. The lowest BCUT2D eigenvalue weighted by molar-refractivity contribution is 0.142. The fourth-order valence-electron chi connectivity index (χ4n) is 3.68. The highest BCUT2D eigenvalue weighted by atomic mass is 16.7. The monoisotopic (exact) mass is 333 g/mol. The van der Waals surface area contributed by atoms with Gasteiger partial charge in [0.1, 0.15) is 5.75 Å². The molecule has 0 unspecified atom stereocenters. The molecule has 1 fully saturated rings. The molecule has 0 atom stereocenters. The van der Waals surface area contributed by atoms with Crippen LogP contribution in [0.5, 0.6) is 17.2 Å². The van der Waals surface area contributed by atoms with Gasteiger partial charge in [0.05, 0.1) is 6.61 Å². The lowest BCUT2D eigenvalue weighted by Crippen LogP contribution is -2.37. The zero-order chi connectivity index (χ0) is 16.8. The molecule has 2 heterocycles. The van der Waals surface area contributed by atoms with E-state index in [1.54, 1.807) is 0 Å². The zero-order valence-electron chi connectivity index (χ0n) is 15.1. The molecule has 0 saturated carbocycles.